The van der Waals surface area contributed by atoms with Gasteiger partial charge >= 0.3 is 0 Å². The molecule has 9 nitrogen and oxygen atoms in total. The molecule has 2 heterocycles. The number of nitrogens with one attached hydrogen (secondary N) is 1. The summed E-state index contributed by atoms with van der Waals surface area (Å²) in [5, 5.41) is 7.10. The van der Waals surface area contributed by atoms with Crippen LogP contribution in [0.3, 0.4) is 0 Å². The topological polar surface area (TPSA) is 112 Å². The Morgan fingerprint density at radius 1 is 1.00 bits per heavy atom. The molecule has 2 aromatic heterocycles. The lowest BCUT2D eigenvalue weighted by molar-refractivity contribution is -0.119. The molecule has 1 amide bonds. The number of halogens is 1. The minimum absolute atomic E-state index is 0.209. The number of carbonyl (C=O) groups excluding carboxylic acids is 1. The van der Waals surface area contributed by atoms with Crippen molar-refractivity contribution in [1.29, 1.82) is 0 Å². The number of ether oxygens (including phenoxy) is 1. The van der Waals surface area contributed by atoms with Crippen molar-refractivity contribution in [3.8, 4) is 17.0 Å². The number of fused-ring (bicyclic) bond motifs is 2. The smallest absolute Gasteiger partial charge is 0.274 e. The predicted molar refractivity (Wildman–Crippen MR) is 152 cm³/mol. The number of hydrogen-bond donors (Lipinski definition) is 1. The van der Waals surface area contributed by atoms with Gasteiger partial charge in [-0.05, 0) is 43.3 Å². The number of rotatable bonds is 8. The SMILES string of the molecule is Cc1c(-c2nn(CCOc3ccccc3)c(=O)c3ccccc23)c2cc(Cl)ccc2n1CC(=O)NS(C)(=O)=O. The van der Waals surface area contributed by atoms with E-state index in [0.717, 1.165) is 11.6 Å². The molecular weight excluding hydrogens is 540 g/mol. The molecular formula is C28H25ClN4O5S. The zero-order chi connectivity index (χ0) is 27.7. The molecule has 200 valence electrons. The second kappa shape index (κ2) is 10.5. The van der Waals surface area contributed by atoms with Gasteiger partial charge in [0, 0.05) is 32.6 Å². The van der Waals surface area contributed by atoms with Crippen molar-refractivity contribution in [2.24, 2.45) is 0 Å². The van der Waals surface area contributed by atoms with Gasteiger partial charge in [0.1, 0.15) is 24.6 Å². The summed E-state index contributed by atoms with van der Waals surface area (Å²) in [5.41, 5.74) is 2.31. The summed E-state index contributed by atoms with van der Waals surface area (Å²) in [6.07, 6.45) is 0.928. The molecule has 0 aliphatic heterocycles. The number of sulfonamides is 1. The minimum Gasteiger partial charge on any atom is -0.492 e. The third kappa shape index (κ3) is 5.52. The highest BCUT2D eigenvalue weighted by molar-refractivity contribution is 7.89. The van der Waals surface area contributed by atoms with Gasteiger partial charge in [0.05, 0.1) is 18.2 Å². The summed E-state index contributed by atoms with van der Waals surface area (Å²) >= 11 is 6.37. The van der Waals surface area contributed by atoms with E-state index in [0.29, 0.717) is 44.0 Å². The molecule has 5 rings (SSSR count). The first kappa shape index (κ1) is 26.5. The third-order valence-electron chi connectivity index (χ3n) is 6.31. The van der Waals surface area contributed by atoms with E-state index in [-0.39, 0.29) is 25.3 Å². The van der Waals surface area contributed by atoms with Gasteiger partial charge in [-0.3, -0.25) is 14.3 Å². The van der Waals surface area contributed by atoms with E-state index < -0.39 is 15.9 Å². The average molecular weight is 565 g/mol. The number of hydrogen-bond acceptors (Lipinski definition) is 6. The summed E-state index contributed by atoms with van der Waals surface area (Å²) in [7, 11) is -3.73. The molecule has 0 saturated heterocycles. The third-order valence-corrected chi connectivity index (χ3v) is 7.14. The van der Waals surface area contributed by atoms with Crippen molar-refractivity contribution in [2.75, 3.05) is 12.9 Å². The molecule has 0 aliphatic carbocycles. The molecule has 0 fully saturated rings. The Kier molecular flexibility index (Phi) is 7.16. The van der Waals surface area contributed by atoms with Crippen molar-refractivity contribution in [3.05, 3.63) is 93.9 Å². The number of para-hydroxylation sites is 1. The van der Waals surface area contributed by atoms with Crippen LogP contribution < -0.4 is 15.0 Å². The minimum atomic E-state index is -3.73. The summed E-state index contributed by atoms with van der Waals surface area (Å²) in [6, 6.07) is 21.7. The first-order valence-electron chi connectivity index (χ1n) is 12.1. The fourth-order valence-corrected chi connectivity index (χ4v) is 5.33. The van der Waals surface area contributed by atoms with Crippen LogP contribution in [0.2, 0.25) is 5.02 Å². The summed E-state index contributed by atoms with van der Waals surface area (Å²) in [4.78, 5) is 25.9. The highest BCUT2D eigenvalue weighted by Gasteiger charge is 2.23. The molecule has 3 aromatic carbocycles. The van der Waals surface area contributed by atoms with E-state index in [1.165, 1.54) is 4.68 Å². The summed E-state index contributed by atoms with van der Waals surface area (Å²) < 4.78 is 34.2. The molecule has 0 saturated carbocycles. The van der Waals surface area contributed by atoms with Crippen LogP contribution in [0.25, 0.3) is 32.9 Å². The van der Waals surface area contributed by atoms with E-state index in [2.05, 4.69) is 0 Å². The second-order valence-corrected chi connectivity index (χ2v) is 11.3. The van der Waals surface area contributed by atoms with Gasteiger partial charge in [0.25, 0.3) is 11.5 Å². The van der Waals surface area contributed by atoms with E-state index in [4.69, 9.17) is 21.4 Å². The van der Waals surface area contributed by atoms with Gasteiger partial charge in [-0.1, -0.05) is 48.0 Å². The van der Waals surface area contributed by atoms with Gasteiger partial charge in [0.15, 0.2) is 0 Å². The Morgan fingerprint density at radius 2 is 1.69 bits per heavy atom. The molecule has 5 aromatic rings. The maximum absolute atomic E-state index is 13.3. The van der Waals surface area contributed by atoms with Gasteiger partial charge < -0.3 is 9.30 Å². The first-order chi connectivity index (χ1) is 18.6. The van der Waals surface area contributed by atoms with Crippen molar-refractivity contribution in [2.45, 2.75) is 20.0 Å². The van der Waals surface area contributed by atoms with Crippen molar-refractivity contribution in [3.63, 3.8) is 0 Å². The standard InChI is InChI=1S/C28H25ClN4O5S/c1-18-26(23-16-19(29)12-13-24(23)32(18)17-25(34)31-39(2,36)37)27-21-10-6-7-11-22(21)28(35)33(30-27)14-15-38-20-8-4-3-5-9-20/h3-13,16H,14-15,17H2,1-2H3,(H,31,34). The highest BCUT2D eigenvalue weighted by atomic mass is 35.5. The van der Waals surface area contributed by atoms with Crippen LogP contribution in [0.15, 0.2) is 77.6 Å². The summed E-state index contributed by atoms with van der Waals surface area (Å²) in [5.74, 6) is 0.00679. The van der Waals surface area contributed by atoms with E-state index in [9.17, 15) is 18.0 Å². The molecule has 0 radical (unpaired) electrons. The number of benzene rings is 3. The number of nitrogens with zero attached hydrogens (tertiary/aromatic N) is 3. The maximum atomic E-state index is 13.3. The van der Waals surface area contributed by atoms with Crippen LogP contribution in [0.1, 0.15) is 5.69 Å². The molecule has 0 spiro atoms. The van der Waals surface area contributed by atoms with E-state index >= 15 is 0 Å². The Bertz CT molecular complexity index is 1880. The van der Waals surface area contributed by atoms with E-state index in [1.807, 2.05) is 54.1 Å². The first-order valence-corrected chi connectivity index (χ1v) is 14.4. The lowest BCUT2D eigenvalue weighted by Gasteiger charge is -2.13. The number of amides is 1. The molecule has 11 heteroatoms. The van der Waals surface area contributed by atoms with Crippen molar-refractivity contribution < 1.29 is 17.9 Å². The predicted octanol–water partition coefficient (Wildman–Crippen LogP) is 4.13. The zero-order valence-electron chi connectivity index (χ0n) is 21.2. The van der Waals surface area contributed by atoms with Crippen molar-refractivity contribution >= 4 is 49.2 Å². The van der Waals surface area contributed by atoms with Crippen LogP contribution in [0, 0.1) is 6.92 Å². The average Bonchev–Trinajstić information content (AvgIpc) is 3.15. The van der Waals surface area contributed by atoms with Gasteiger partial charge in [-0.15, -0.1) is 0 Å². The van der Waals surface area contributed by atoms with Crippen LogP contribution in [0.5, 0.6) is 5.75 Å². The van der Waals surface area contributed by atoms with Gasteiger partial charge in [-0.25, -0.2) is 13.1 Å². The Labute approximate surface area is 229 Å². The molecule has 0 bridgehead atoms. The summed E-state index contributed by atoms with van der Waals surface area (Å²) in [6.45, 7) is 2.02. The Morgan fingerprint density at radius 3 is 2.41 bits per heavy atom. The number of aromatic nitrogens is 3. The maximum Gasteiger partial charge on any atom is 0.274 e. The molecule has 39 heavy (non-hydrogen) atoms. The van der Waals surface area contributed by atoms with Crippen LogP contribution >= 0.6 is 11.6 Å². The normalized spacial score (nSPS) is 11.7. The van der Waals surface area contributed by atoms with Crippen LogP contribution in [0.4, 0.5) is 0 Å². The van der Waals surface area contributed by atoms with Crippen LogP contribution in [-0.4, -0.2) is 41.5 Å². The van der Waals surface area contributed by atoms with Crippen LogP contribution in [-0.2, 0) is 27.9 Å². The Balaban J connectivity index is 1.65. The molecule has 0 atom stereocenters. The molecule has 0 aliphatic rings. The van der Waals surface area contributed by atoms with Gasteiger partial charge in [0.2, 0.25) is 10.0 Å². The Hall–Kier alpha value is -4.15. The fraction of sp³-hybridized carbons (Fsp3) is 0.179. The zero-order valence-corrected chi connectivity index (χ0v) is 22.8. The number of carbonyl (C=O) groups is 1. The van der Waals surface area contributed by atoms with Crippen molar-refractivity contribution in [1.82, 2.24) is 19.1 Å². The molecule has 0 unspecified atom stereocenters. The lowest BCUT2D eigenvalue weighted by Crippen LogP contribution is -2.32. The van der Waals surface area contributed by atoms with E-state index in [1.54, 1.807) is 34.9 Å². The molecule has 1 N–H and O–H groups in total. The largest absolute Gasteiger partial charge is 0.492 e. The fourth-order valence-electron chi connectivity index (χ4n) is 4.68. The quantitative estimate of drug-likeness (QED) is 0.303. The van der Waals surface area contributed by atoms with Gasteiger partial charge in [-0.2, -0.15) is 5.10 Å². The second-order valence-electron chi connectivity index (χ2n) is 9.09. The monoisotopic (exact) mass is 564 g/mol. The highest BCUT2D eigenvalue weighted by Crippen LogP contribution is 2.37. The lowest BCUT2D eigenvalue weighted by atomic mass is 10.0.